The molecule has 4 rings (SSSR count). The maximum atomic E-state index is 13.9. The molecular weight excluding hydrogens is 386 g/mol. The molecule has 1 atom stereocenters. The number of hydrogen-bond acceptors (Lipinski definition) is 2. The van der Waals surface area contributed by atoms with Crippen molar-refractivity contribution in [3.8, 4) is 0 Å². The van der Waals surface area contributed by atoms with Crippen molar-refractivity contribution in [1.82, 2.24) is 9.80 Å². The molecule has 4 nitrogen and oxygen atoms in total. The largest absolute Gasteiger partial charge is 0.339 e. The fraction of sp³-hybridized carbons (Fsp3) is 0.417. The van der Waals surface area contributed by atoms with Gasteiger partial charge in [-0.1, -0.05) is 30.3 Å². The van der Waals surface area contributed by atoms with Gasteiger partial charge >= 0.3 is 0 Å². The van der Waals surface area contributed by atoms with Crippen LogP contribution in [-0.2, 0) is 11.2 Å². The van der Waals surface area contributed by atoms with Crippen LogP contribution in [0.15, 0.2) is 48.5 Å². The lowest BCUT2D eigenvalue weighted by molar-refractivity contribution is -0.137. The predicted molar refractivity (Wildman–Crippen MR) is 110 cm³/mol. The van der Waals surface area contributed by atoms with E-state index >= 15 is 0 Å². The number of piperidine rings is 1. The van der Waals surface area contributed by atoms with Crippen molar-refractivity contribution in [2.45, 2.75) is 38.1 Å². The lowest BCUT2D eigenvalue weighted by atomic mass is 9.94. The van der Waals surface area contributed by atoms with E-state index in [0.29, 0.717) is 25.9 Å². The summed E-state index contributed by atoms with van der Waals surface area (Å²) in [5.41, 5.74) is 1.12. The fourth-order valence-electron chi connectivity index (χ4n) is 4.62. The first-order chi connectivity index (χ1) is 14.5. The molecule has 6 heteroatoms. The summed E-state index contributed by atoms with van der Waals surface area (Å²) in [7, 11) is 0. The number of rotatable bonds is 4. The van der Waals surface area contributed by atoms with Gasteiger partial charge in [0.1, 0.15) is 11.6 Å². The molecule has 0 aromatic heterocycles. The maximum absolute atomic E-state index is 13.9. The van der Waals surface area contributed by atoms with E-state index in [2.05, 4.69) is 12.1 Å². The molecule has 2 saturated heterocycles. The van der Waals surface area contributed by atoms with Crippen LogP contribution >= 0.6 is 0 Å². The molecule has 0 N–H and O–H groups in total. The molecule has 0 spiro atoms. The van der Waals surface area contributed by atoms with Gasteiger partial charge < -0.3 is 9.80 Å². The van der Waals surface area contributed by atoms with Crippen molar-refractivity contribution in [3.05, 3.63) is 71.3 Å². The van der Waals surface area contributed by atoms with E-state index < -0.39 is 17.5 Å². The summed E-state index contributed by atoms with van der Waals surface area (Å²) in [5.74, 6) is -1.93. The summed E-state index contributed by atoms with van der Waals surface area (Å²) in [6, 6.07) is 13.5. The van der Waals surface area contributed by atoms with Crippen molar-refractivity contribution >= 4 is 11.8 Å². The Bertz CT molecular complexity index is 911. The minimum Gasteiger partial charge on any atom is -0.339 e. The monoisotopic (exact) mass is 412 g/mol. The van der Waals surface area contributed by atoms with Gasteiger partial charge in [0.2, 0.25) is 5.91 Å². The van der Waals surface area contributed by atoms with Crippen molar-refractivity contribution < 1.29 is 18.4 Å². The Morgan fingerprint density at radius 2 is 1.67 bits per heavy atom. The third kappa shape index (κ3) is 4.37. The summed E-state index contributed by atoms with van der Waals surface area (Å²) in [6.45, 7) is 1.60. The molecule has 30 heavy (non-hydrogen) atoms. The summed E-state index contributed by atoms with van der Waals surface area (Å²) in [4.78, 5) is 29.3. The molecule has 2 aromatic carbocycles. The van der Waals surface area contributed by atoms with Gasteiger partial charge in [-0.2, -0.15) is 0 Å². The van der Waals surface area contributed by atoms with Crippen molar-refractivity contribution in [1.29, 1.82) is 0 Å². The molecule has 2 fully saturated rings. The van der Waals surface area contributed by atoms with Crippen LogP contribution in [0, 0.1) is 17.6 Å². The van der Waals surface area contributed by atoms with Crippen molar-refractivity contribution in [3.63, 3.8) is 0 Å². The molecule has 0 radical (unpaired) electrons. The summed E-state index contributed by atoms with van der Waals surface area (Å²) >= 11 is 0. The van der Waals surface area contributed by atoms with E-state index in [1.807, 2.05) is 23.1 Å². The predicted octanol–water partition coefficient (Wildman–Crippen LogP) is 4.05. The van der Waals surface area contributed by atoms with Gasteiger partial charge in [-0.3, -0.25) is 9.59 Å². The van der Waals surface area contributed by atoms with Crippen LogP contribution in [0.25, 0.3) is 0 Å². The van der Waals surface area contributed by atoms with E-state index in [4.69, 9.17) is 0 Å². The fourth-order valence-corrected chi connectivity index (χ4v) is 4.62. The molecule has 1 unspecified atom stereocenters. The van der Waals surface area contributed by atoms with Crippen molar-refractivity contribution in [2.24, 2.45) is 5.92 Å². The van der Waals surface area contributed by atoms with Crippen LogP contribution in [0.2, 0.25) is 0 Å². The van der Waals surface area contributed by atoms with Gasteiger partial charge in [0.05, 0.1) is 5.56 Å². The molecule has 2 heterocycles. The zero-order valence-electron chi connectivity index (χ0n) is 16.9. The van der Waals surface area contributed by atoms with Crippen LogP contribution in [-0.4, -0.2) is 47.3 Å². The minimum absolute atomic E-state index is 0.108. The smallest absolute Gasteiger partial charge is 0.256 e. The number of carbonyl (C=O) groups is 2. The van der Waals surface area contributed by atoms with Crippen LogP contribution in [0.3, 0.4) is 0 Å². The van der Waals surface area contributed by atoms with Crippen LogP contribution in [0.5, 0.6) is 0 Å². The van der Waals surface area contributed by atoms with Gasteiger partial charge in [0, 0.05) is 37.7 Å². The zero-order chi connectivity index (χ0) is 21.1. The highest BCUT2D eigenvalue weighted by molar-refractivity contribution is 5.94. The second-order valence-electron chi connectivity index (χ2n) is 8.21. The molecule has 2 aromatic rings. The maximum Gasteiger partial charge on any atom is 0.256 e. The standard InChI is InChI=1S/C24H26F2N2O2/c25-19-8-9-21(22(26)16-19)24(30)27-13-10-18(11-14-27)23(29)28-12-4-7-20(28)15-17-5-2-1-3-6-17/h1-3,5-6,8-9,16,18,20H,4,7,10-15H2. The number of amides is 2. The van der Waals surface area contributed by atoms with Crippen LogP contribution < -0.4 is 0 Å². The van der Waals surface area contributed by atoms with Gasteiger partial charge in [-0.05, 0) is 49.8 Å². The molecule has 0 bridgehead atoms. The Kier molecular flexibility index (Phi) is 6.11. The first kappa shape index (κ1) is 20.5. The molecule has 2 aliphatic heterocycles. The Labute approximate surface area is 175 Å². The lowest BCUT2D eigenvalue weighted by Gasteiger charge is -2.35. The summed E-state index contributed by atoms with van der Waals surface area (Å²) in [5, 5.41) is 0. The Morgan fingerprint density at radius 1 is 0.933 bits per heavy atom. The molecule has 2 aliphatic rings. The third-order valence-corrected chi connectivity index (χ3v) is 6.27. The zero-order valence-corrected chi connectivity index (χ0v) is 16.9. The van der Waals surface area contributed by atoms with E-state index in [1.165, 1.54) is 11.6 Å². The average molecular weight is 412 g/mol. The minimum atomic E-state index is -0.848. The SMILES string of the molecule is O=C(c1ccc(F)cc1F)N1CCC(C(=O)N2CCCC2Cc2ccccc2)CC1. The van der Waals surface area contributed by atoms with E-state index in [9.17, 15) is 18.4 Å². The number of halogens is 2. The number of carbonyl (C=O) groups excluding carboxylic acids is 2. The Balaban J connectivity index is 1.35. The second-order valence-corrected chi connectivity index (χ2v) is 8.21. The molecule has 0 aliphatic carbocycles. The van der Waals surface area contributed by atoms with E-state index in [-0.39, 0.29) is 23.4 Å². The van der Waals surface area contributed by atoms with E-state index in [1.54, 1.807) is 4.90 Å². The lowest BCUT2D eigenvalue weighted by Crippen LogP contribution is -2.46. The Hall–Kier alpha value is -2.76. The first-order valence-corrected chi connectivity index (χ1v) is 10.6. The molecule has 0 saturated carbocycles. The number of benzene rings is 2. The average Bonchev–Trinajstić information content (AvgIpc) is 3.22. The molecule has 158 valence electrons. The first-order valence-electron chi connectivity index (χ1n) is 10.6. The quantitative estimate of drug-likeness (QED) is 0.760. The highest BCUT2D eigenvalue weighted by Gasteiger charge is 2.35. The normalized spacial score (nSPS) is 19.9. The molecule has 2 amide bonds. The van der Waals surface area contributed by atoms with Crippen LogP contribution in [0.1, 0.15) is 41.6 Å². The van der Waals surface area contributed by atoms with Crippen LogP contribution in [0.4, 0.5) is 8.78 Å². The topological polar surface area (TPSA) is 40.6 Å². The molecular formula is C24H26F2N2O2. The summed E-state index contributed by atoms with van der Waals surface area (Å²) in [6.07, 6.45) is 4.05. The highest BCUT2D eigenvalue weighted by Crippen LogP contribution is 2.28. The highest BCUT2D eigenvalue weighted by atomic mass is 19.1. The van der Waals surface area contributed by atoms with Gasteiger partial charge in [-0.25, -0.2) is 8.78 Å². The number of likely N-dealkylation sites (tertiary alicyclic amines) is 2. The van der Waals surface area contributed by atoms with Gasteiger partial charge in [0.25, 0.3) is 5.91 Å². The van der Waals surface area contributed by atoms with Crippen molar-refractivity contribution in [2.75, 3.05) is 19.6 Å². The summed E-state index contributed by atoms with van der Waals surface area (Å²) < 4.78 is 27.0. The van der Waals surface area contributed by atoms with E-state index in [0.717, 1.165) is 37.9 Å². The number of hydrogen-bond donors (Lipinski definition) is 0. The van der Waals surface area contributed by atoms with Gasteiger partial charge in [-0.15, -0.1) is 0 Å². The van der Waals surface area contributed by atoms with Gasteiger partial charge in [0.15, 0.2) is 0 Å². The third-order valence-electron chi connectivity index (χ3n) is 6.27. The Morgan fingerprint density at radius 3 is 2.37 bits per heavy atom. The number of nitrogens with zero attached hydrogens (tertiary/aromatic N) is 2. The second kappa shape index (κ2) is 8.94.